The van der Waals surface area contributed by atoms with Gasteiger partial charge < -0.3 is 4.98 Å². The number of hydrogen-bond donors (Lipinski definition) is 1. The van der Waals surface area contributed by atoms with Crippen LogP contribution in [0.25, 0.3) is 0 Å². The molecule has 2 aliphatic carbocycles. The molecule has 2 fully saturated rings. The Balaban J connectivity index is 2.28. The minimum atomic E-state index is -0.0214. The van der Waals surface area contributed by atoms with Crippen LogP contribution in [-0.2, 0) is 4.79 Å². The van der Waals surface area contributed by atoms with Gasteiger partial charge in [-0.3, -0.25) is 4.79 Å². The van der Waals surface area contributed by atoms with Crippen molar-refractivity contribution in [2.45, 2.75) is 40.0 Å². The fourth-order valence-corrected chi connectivity index (χ4v) is 4.10. The monoisotopic (exact) mass is 210 g/mol. The van der Waals surface area contributed by atoms with Crippen LogP contribution < -0.4 is 4.98 Å². The molecule has 3 atom stereocenters. The molecule has 2 nitrogen and oxygen atoms in total. The van der Waals surface area contributed by atoms with Crippen LogP contribution in [0.3, 0.4) is 0 Å². The van der Waals surface area contributed by atoms with Crippen LogP contribution in [0.15, 0.2) is 0 Å². The lowest BCUT2D eigenvalue weighted by Gasteiger charge is -2.26. The van der Waals surface area contributed by atoms with E-state index in [9.17, 15) is 4.79 Å². The summed E-state index contributed by atoms with van der Waals surface area (Å²) in [6, 6.07) is 0. The van der Waals surface area contributed by atoms with E-state index in [1.54, 1.807) is 10.4 Å². The Hall–Kier alpha value is -0.313. The summed E-state index contributed by atoms with van der Waals surface area (Å²) >= 11 is 0. The van der Waals surface area contributed by atoms with Crippen LogP contribution >= 0.6 is 0 Å². The third kappa shape index (κ3) is 0.992. The standard InChI is InChI=1S/C11H20NOSi/c1-7-4-5-8-10(2,3)11(8,6-7)9(13)12-14/h7-8H,4-6,14H2,1-3H3,(H,12,13). The van der Waals surface area contributed by atoms with E-state index in [4.69, 9.17) is 0 Å². The molecule has 14 heavy (non-hydrogen) atoms. The molecule has 0 spiro atoms. The number of fused-ring (bicyclic) bond motifs is 1. The highest BCUT2D eigenvalue weighted by Crippen LogP contribution is 2.75. The van der Waals surface area contributed by atoms with E-state index in [1.165, 1.54) is 12.8 Å². The molecule has 3 unspecified atom stereocenters. The summed E-state index contributed by atoms with van der Waals surface area (Å²) in [6.45, 7) is 6.79. The van der Waals surface area contributed by atoms with Crippen molar-refractivity contribution in [3.63, 3.8) is 0 Å². The molecule has 0 aromatic heterocycles. The van der Waals surface area contributed by atoms with Crippen LogP contribution in [0.1, 0.15) is 40.0 Å². The Labute approximate surface area is 89.3 Å². The molecule has 2 rings (SSSR count). The molecule has 3 heteroatoms. The summed E-state index contributed by atoms with van der Waals surface area (Å²) in [6.07, 6.45) is 3.63. The number of carbonyl (C=O) groups is 1. The van der Waals surface area contributed by atoms with Gasteiger partial charge in [-0.25, -0.2) is 0 Å². The average Bonchev–Trinajstić information content (AvgIpc) is 2.63. The van der Waals surface area contributed by atoms with Crippen molar-refractivity contribution >= 4 is 16.3 Å². The molecular formula is C11H20NOSi. The third-order valence-electron chi connectivity index (χ3n) is 4.72. The van der Waals surface area contributed by atoms with Gasteiger partial charge in [-0.1, -0.05) is 27.2 Å². The minimum absolute atomic E-state index is 0.0214. The first kappa shape index (κ1) is 10.2. The topological polar surface area (TPSA) is 29.1 Å². The molecule has 2 aliphatic rings. The molecule has 0 bridgehead atoms. The van der Waals surface area contributed by atoms with Crippen molar-refractivity contribution in [2.75, 3.05) is 0 Å². The fourth-order valence-electron chi connectivity index (χ4n) is 3.78. The second-order valence-corrected chi connectivity index (χ2v) is 5.99. The molecule has 1 amide bonds. The van der Waals surface area contributed by atoms with E-state index in [2.05, 4.69) is 25.8 Å². The lowest BCUT2D eigenvalue weighted by Crippen LogP contribution is -2.36. The summed E-state index contributed by atoms with van der Waals surface area (Å²) in [5, 5.41) is 0. The van der Waals surface area contributed by atoms with Crippen molar-refractivity contribution in [1.29, 1.82) is 0 Å². The van der Waals surface area contributed by atoms with Gasteiger partial charge in [0.15, 0.2) is 0 Å². The number of carbonyl (C=O) groups excluding carboxylic acids is 1. The highest BCUT2D eigenvalue weighted by molar-refractivity contribution is 6.16. The predicted molar refractivity (Wildman–Crippen MR) is 59.4 cm³/mol. The van der Waals surface area contributed by atoms with Gasteiger partial charge in [0, 0.05) is 0 Å². The average molecular weight is 210 g/mol. The zero-order valence-corrected chi connectivity index (χ0v) is 10.8. The summed E-state index contributed by atoms with van der Waals surface area (Å²) < 4.78 is 0. The number of nitrogens with one attached hydrogen (secondary N) is 1. The van der Waals surface area contributed by atoms with Gasteiger partial charge in [0.05, 0.1) is 5.41 Å². The molecule has 0 heterocycles. The minimum Gasteiger partial charge on any atom is -0.388 e. The molecule has 0 aliphatic heterocycles. The number of amides is 1. The number of rotatable bonds is 1. The highest BCUT2D eigenvalue weighted by Gasteiger charge is 2.75. The summed E-state index contributed by atoms with van der Waals surface area (Å²) in [5.74, 6) is 1.64. The van der Waals surface area contributed by atoms with Crippen LogP contribution in [0.5, 0.6) is 0 Å². The van der Waals surface area contributed by atoms with Crippen molar-refractivity contribution in [2.24, 2.45) is 22.7 Å². The van der Waals surface area contributed by atoms with Crippen LogP contribution in [0.2, 0.25) is 0 Å². The van der Waals surface area contributed by atoms with Gasteiger partial charge in [0.1, 0.15) is 10.4 Å². The molecule has 0 aromatic rings. The Morgan fingerprint density at radius 3 is 2.64 bits per heavy atom. The normalized spacial score (nSPS) is 44.0. The van der Waals surface area contributed by atoms with Gasteiger partial charge in [0.25, 0.3) is 0 Å². The lowest BCUT2D eigenvalue weighted by molar-refractivity contribution is -0.127. The molecule has 1 N–H and O–H groups in total. The van der Waals surface area contributed by atoms with Crippen LogP contribution in [0.4, 0.5) is 0 Å². The maximum Gasteiger partial charge on any atom is 0.218 e. The van der Waals surface area contributed by atoms with E-state index >= 15 is 0 Å². The Kier molecular flexibility index (Phi) is 2.07. The lowest BCUT2D eigenvalue weighted by atomic mass is 9.80. The predicted octanol–water partition coefficient (Wildman–Crippen LogP) is 1.11. The van der Waals surface area contributed by atoms with E-state index in [0.717, 1.165) is 6.42 Å². The van der Waals surface area contributed by atoms with Crippen LogP contribution in [0, 0.1) is 22.7 Å². The number of hydrogen-bond acceptors (Lipinski definition) is 1. The quantitative estimate of drug-likeness (QED) is 0.646. The Morgan fingerprint density at radius 1 is 1.43 bits per heavy atom. The smallest absolute Gasteiger partial charge is 0.218 e. The van der Waals surface area contributed by atoms with E-state index in [-0.39, 0.29) is 16.7 Å². The maximum absolute atomic E-state index is 12.0. The fraction of sp³-hybridized carbons (Fsp3) is 0.909. The maximum atomic E-state index is 12.0. The third-order valence-corrected chi connectivity index (χ3v) is 5.04. The molecule has 1 radical (unpaired) electrons. The Morgan fingerprint density at radius 2 is 2.07 bits per heavy atom. The van der Waals surface area contributed by atoms with Gasteiger partial charge in [-0.05, 0) is 30.1 Å². The first-order chi connectivity index (χ1) is 6.46. The summed E-state index contributed by atoms with van der Waals surface area (Å²) in [5.41, 5.74) is 0.217. The SMILES string of the molecule is CC1CCC2C(C)(C)C2(C(=O)N[SiH2])C1. The second kappa shape index (κ2) is 2.84. The van der Waals surface area contributed by atoms with Crippen molar-refractivity contribution < 1.29 is 4.79 Å². The van der Waals surface area contributed by atoms with Gasteiger partial charge in [-0.2, -0.15) is 0 Å². The van der Waals surface area contributed by atoms with Crippen molar-refractivity contribution in [3.8, 4) is 0 Å². The molecular weight excluding hydrogens is 190 g/mol. The van der Waals surface area contributed by atoms with E-state index in [1.807, 2.05) is 0 Å². The van der Waals surface area contributed by atoms with Crippen molar-refractivity contribution in [3.05, 3.63) is 0 Å². The van der Waals surface area contributed by atoms with Crippen molar-refractivity contribution in [1.82, 2.24) is 4.98 Å². The first-order valence-corrected chi connectivity index (χ1v) is 6.25. The molecule has 0 aromatic carbocycles. The zero-order valence-electron chi connectivity index (χ0n) is 9.39. The molecule has 2 saturated carbocycles. The van der Waals surface area contributed by atoms with E-state index < -0.39 is 0 Å². The zero-order chi connectivity index (χ0) is 10.6. The largest absolute Gasteiger partial charge is 0.388 e. The molecule has 0 saturated heterocycles. The van der Waals surface area contributed by atoms with Gasteiger partial charge in [0.2, 0.25) is 5.91 Å². The van der Waals surface area contributed by atoms with Gasteiger partial charge >= 0.3 is 0 Å². The second-order valence-electron chi connectivity index (χ2n) is 5.64. The summed E-state index contributed by atoms with van der Waals surface area (Å²) in [4.78, 5) is 14.9. The van der Waals surface area contributed by atoms with Crippen LogP contribution in [-0.4, -0.2) is 16.3 Å². The van der Waals surface area contributed by atoms with Gasteiger partial charge in [-0.15, -0.1) is 0 Å². The first-order valence-electron chi connectivity index (χ1n) is 5.54. The summed E-state index contributed by atoms with van der Waals surface area (Å²) in [7, 11) is 1.57. The van der Waals surface area contributed by atoms with E-state index in [0.29, 0.717) is 11.8 Å². The highest BCUT2D eigenvalue weighted by atomic mass is 28.2. The molecule has 79 valence electrons. The Bertz CT molecular complexity index is 276.